The number of urea groups is 1. The van der Waals surface area contributed by atoms with Gasteiger partial charge in [0.15, 0.2) is 5.96 Å². The normalized spacial score (nSPS) is 18.9. The maximum absolute atomic E-state index is 13.0. The van der Waals surface area contributed by atoms with Gasteiger partial charge >= 0.3 is 12.0 Å². The van der Waals surface area contributed by atoms with Crippen LogP contribution in [0.3, 0.4) is 0 Å². The average molecular weight is 618 g/mol. The Morgan fingerprint density at radius 3 is 1.93 bits per heavy atom. The number of amides is 6. The monoisotopic (exact) mass is 617 g/mol. The largest absolute Gasteiger partial charge is 0.480 e. The van der Waals surface area contributed by atoms with E-state index in [1.165, 1.54) is 9.80 Å². The van der Waals surface area contributed by atoms with Crippen LogP contribution >= 0.6 is 0 Å². The van der Waals surface area contributed by atoms with Crippen LogP contribution in [0.5, 0.6) is 0 Å². The summed E-state index contributed by atoms with van der Waals surface area (Å²) >= 11 is 0. The molecule has 2 rings (SSSR count). The van der Waals surface area contributed by atoms with E-state index in [1.807, 2.05) is 13.8 Å². The fourth-order valence-corrected chi connectivity index (χ4v) is 5.03. The number of hydrogen-bond donors (Lipinski definition) is 7. The van der Waals surface area contributed by atoms with Crippen molar-refractivity contribution in [2.45, 2.75) is 83.0 Å². The Kier molecular flexibility index (Phi) is 16.6. The molecule has 0 aromatic carbocycles. The number of carbonyl (C=O) groups excluding carboxylic acids is 5. The van der Waals surface area contributed by atoms with Crippen LogP contribution in [-0.4, -0.2) is 118 Å². The third-order valence-corrected chi connectivity index (χ3v) is 7.03. The summed E-state index contributed by atoms with van der Waals surface area (Å²) in [6.07, 6.45) is 2.63. The van der Waals surface area contributed by atoms with Gasteiger partial charge in [-0.3, -0.25) is 24.2 Å². The number of nitrogens with one attached hydrogen (secondary N) is 3. The smallest absolute Gasteiger partial charge is 0.326 e. The highest BCUT2D eigenvalue weighted by Crippen LogP contribution is 2.19. The Morgan fingerprint density at radius 2 is 1.42 bits per heavy atom. The molecule has 0 unspecified atom stereocenters. The number of primary amides is 1. The summed E-state index contributed by atoms with van der Waals surface area (Å²) in [5.74, 6) is -3.48. The lowest BCUT2D eigenvalue weighted by atomic mass is 10.0. The minimum atomic E-state index is -1.22. The van der Waals surface area contributed by atoms with E-state index in [1.54, 1.807) is 0 Å². The standard InChI is InChI=1S/C25H43N9O7.2H2O/c1-14(2)12-16(32-22(38)18-8-5-11-34(18)25(28)41)20(36)30-13-19(35)33-10-4-7-17(33)21(37)31-15(23(39)40)6-3-9-29-24(26)27;;/h14-18H,3-13H2,1-2H3,(H2,28,41)(H,30,36)(H,31,37)(H,32,38)(H,39,40)(H4,26,27,29);2*1H2/t15-,16+,17+,18+;;/m1../s1. The van der Waals surface area contributed by atoms with Crippen LogP contribution in [-0.2, 0) is 24.0 Å². The molecular formula is C25H47N9O9. The van der Waals surface area contributed by atoms with Crippen molar-refractivity contribution in [3.8, 4) is 0 Å². The summed E-state index contributed by atoms with van der Waals surface area (Å²) < 4.78 is 0. The van der Waals surface area contributed by atoms with Gasteiger partial charge in [0.1, 0.15) is 24.2 Å². The van der Waals surface area contributed by atoms with Crippen LogP contribution in [0.25, 0.3) is 0 Å². The van der Waals surface area contributed by atoms with Crippen molar-refractivity contribution in [3.05, 3.63) is 0 Å². The molecule has 0 radical (unpaired) electrons. The summed E-state index contributed by atoms with van der Waals surface area (Å²) in [5, 5.41) is 17.2. The lowest BCUT2D eigenvalue weighted by Gasteiger charge is -2.27. The molecule has 6 amide bonds. The summed E-state index contributed by atoms with van der Waals surface area (Å²) in [4.78, 5) is 81.4. The van der Waals surface area contributed by atoms with E-state index < -0.39 is 66.3 Å². The molecule has 2 saturated heterocycles. The second-order valence-corrected chi connectivity index (χ2v) is 10.7. The van der Waals surface area contributed by atoms with E-state index in [4.69, 9.17) is 17.2 Å². The zero-order valence-corrected chi connectivity index (χ0v) is 24.6. The minimum Gasteiger partial charge on any atom is -0.480 e. The van der Waals surface area contributed by atoms with Crippen molar-refractivity contribution in [1.29, 1.82) is 0 Å². The van der Waals surface area contributed by atoms with Crippen LogP contribution in [0.2, 0.25) is 0 Å². The number of rotatable bonds is 14. The summed E-state index contributed by atoms with van der Waals surface area (Å²) in [5.41, 5.74) is 15.9. The molecule has 2 fully saturated rings. The van der Waals surface area contributed by atoms with E-state index in [-0.39, 0.29) is 42.3 Å². The number of nitrogens with two attached hydrogens (primary N) is 3. The maximum atomic E-state index is 13.0. The van der Waals surface area contributed by atoms with E-state index in [9.17, 15) is 33.9 Å². The Bertz CT molecular complexity index is 1020. The molecule has 0 aromatic rings. The predicted molar refractivity (Wildman–Crippen MR) is 155 cm³/mol. The molecule has 0 aliphatic carbocycles. The van der Waals surface area contributed by atoms with Crippen molar-refractivity contribution in [2.24, 2.45) is 28.1 Å². The number of guanidine groups is 1. The van der Waals surface area contributed by atoms with Gasteiger partial charge in [-0.1, -0.05) is 13.8 Å². The van der Waals surface area contributed by atoms with Gasteiger partial charge < -0.3 is 59.0 Å². The van der Waals surface area contributed by atoms with E-state index in [0.717, 1.165) is 0 Å². The van der Waals surface area contributed by atoms with Crippen molar-refractivity contribution in [2.75, 3.05) is 26.2 Å². The first-order valence-electron chi connectivity index (χ1n) is 13.8. The molecule has 14 N–H and O–H groups in total. The highest BCUT2D eigenvalue weighted by atomic mass is 16.4. The Labute approximate surface area is 249 Å². The van der Waals surface area contributed by atoms with E-state index in [0.29, 0.717) is 45.1 Å². The molecule has 43 heavy (non-hydrogen) atoms. The predicted octanol–water partition coefficient (Wildman–Crippen LogP) is -3.86. The fraction of sp³-hybridized carbons (Fsp3) is 0.720. The molecule has 2 heterocycles. The van der Waals surface area contributed by atoms with Crippen molar-refractivity contribution < 1.29 is 44.8 Å². The molecule has 2 aliphatic rings. The first-order chi connectivity index (χ1) is 19.3. The van der Waals surface area contributed by atoms with Gasteiger partial charge in [0.25, 0.3) is 0 Å². The highest BCUT2D eigenvalue weighted by Gasteiger charge is 2.37. The van der Waals surface area contributed by atoms with Crippen molar-refractivity contribution in [3.63, 3.8) is 0 Å². The number of aliphatic imine (C=N–C) groups is 1. The number of carboxylic acid groups (broad SMARTS) is 1. The van der Waals surface area contributed by atoms with Gasteiger partial charge in [-0.2, -0.15) is 0 Å². The molecule has 2 aliphatic heterocycles. The second-order valence-electron chi connectivity index (χ2n) is 10.7. The molecule has 4 atom stereocenters. The number of hydrogen-bond acceptors (Lipinski definition) is 7. The molecule has 18 heteroatoms. The lowest BCUT2D eigenvalue weighted by Crippen LogP contribution is -2.56. The highest BCUT2D eigenvalue weighted by molar-refractivity contribution is 5.95. The number of nitrogens with zero attached hydrogens (tertiary/aromatic N) is 3. The van der Waals surface area contributed by atoms with Gasteiger partial charge in [-0.25, -0.2) is 9.59 Å². The van der Waals surface area contributed by atoms with Crippen molar-refractivity contribution >= 4 is 41.6 Å². The quantitative estimate of drug-likeness (QED) is 0.0569. The van der Waals surface area contributed by atoms with Gasteiger partial charge in [0, 0.05) is 19.6 Å². The molecule has 0 aromatic heterocycles. The van der Waals surface area contributed by atoms with E-state index in [2.05, 4.69) is 20.9 Å². The molecule has 246 valence electrons. The molecule has 0 spiro atoms. The number of aliphatic carboxylic acids is 1. The van der Waals surface area contributed by atoms with Crippen LogP contribution < -0.4 is 33.2 Å². The van der Waals surface area contributed by atoms with Gasteiger partial charge in [0.05, 0.1) is 6.54 Å². The topological polar surface area (TPSA) is 319 Å². The summed E-state index contributed by atoms with van der Waals surface area (Å²) in [6.45, 7) is 4.18. The third-order valence-electron chi connectivity index (χ3n) is 7.03. The first kappa shape index (κ1) is 38.8. The summed E-state index contributed by atoms with van der Waals surface area (Å²) in [6, 6.07) is -4.48. The molecule has 18 nitrogen and oxygen atoms in total. The molecule has 0 saturated carbocycles. The van der Waals surface area contributed by atoms with Crippen LogP contribution in [0.4, 0.5) is 4.79 Å². The average Bonchev–Trinajstić information content (AvgIpc) is 3.58. The number of carbonyl (C=O) groups is 6. The van der Waals surface area contributed by atoms with Gasteiger partial charge in [-0.15, -0.1) is 0 Å². The van der Waals surface area contributed by atoms with Crippen LogP contribution in [0, 0.1) is 5.92 Å². The Balaban J connectivity index is 0.00000882. The van der Waals surface area contributed by atoms with Crippen LogP contribution in [0.15, 0.2) is 4.99 Å². The SMILES string of the molecule is CC(C)C[C@H](NC(=O)[C@@H]1CCCN1C(N)=O)C(=O)NCC(=O)N1CCC[C@H]1C(=O)N[C@H](CCCN=C(N)N)C(=O)O.O.O. The Hall–Kier alpha value is -4.19. The maximum Gasteiger partial charge on any atom is 0.326 e. The second kappa shape index (κ2) is 18.4. The number of likely N-dealkylation sites (tertiary alicyclic amines) is 2. The minimum absolute atomic E-state index is 0. The molecular weight excluding hydrogens is 570 g/mol. The summed E-state index contributed by atoms with van der Waals surface area (Å²) in [7, 11) is 0. The van der Waals surface area contributed by atoms with Gasteiger partial charge in [0.2, 0.25) is 23.6 Å². The zero-order chi connectivity index (χ0) is 30.7. The fourth-order valence-electron chi connectivity index (χ4n) is 5.03. The van der Waals surface area contributed by atoms with Crippen LogP contribution in [0.1, 0.15) is 58.8 Å². The van der Waals surface area contributed by atoms with Crippen molar-refractivity contribution in [1.82, 2.24) is 25.8 Å². The third kappa shape index (κ3) is 11.9. The lowest BCUT2D eigenvalue weighted by molar-refractivity contribution is -0.144. The zero-order valence-electron chi connectivity index (χ0n) is 24.6. The van der Waals surface area contributed by atoms with E-state index >= 15 is 0 Å². The number of carboxylic acids is 1. The Morgan fingerprint density at radius 1 is 0.884 bits per heavy atom. The first-order valence-corrected chi connectivity index (χ1v) is 13.8. The molecule has 0 bridgehead atoms. The van der Waals surface area contributed by atoms with Gasteiger partial charge in [-0.05, 0) is 50.9 Å².